The van der Waals surface area contributed by atoms with Gasteiger partial charge in [0.15, 0.2) is 0 Å². The van der Waals surface area contributed by atoms with Crippen molar-refractivity contribution in [2.75, 3.05) is 11.4 Å². The van der Waals surface area contributed by atoms with Crippen molar-refractivity contribution < 1.29 is 32.7 Å². The van der Waals surface area contributed by atoms with Crippen molar-refractivity contribution in [1.82, 2.24) is 5.32 Å². The van der Waals surface area contributed by atoms with Gasteiger partial charge in [0.05, 0.1) is 6.42 Å². The number of carbonyl (C=O) groups excluding carboxylic acids is 2. The van der Waals surface area contributed by atoms with E-state index in [-0.39, 0.29) is 13.0 Å². The monoisotopic (exact) mass is 386 g/mol. The molecule has 1 saturated heterocycles. The van der Waals surface area contributed by atoms with Crippen LogP contribution in [0.1, 0.15) is 38.2 Å². The van der Waals surface area contributed by atoms with Gasteiger partial charge in [0.25, 0.3) is 0 Å². The topological polar surface area (TPSA) is 86.7 Å². The van der Waals surface area contributed by atoms with E-state index in [0.29, 0.717) is 11.6 Å². The van der Waals surface area contributed by atoms with Gasteiger partial charge in [0, 0.05) is 12.2 Å². The number of anilines is 1. The Morgan fingerprint density at radius 3 is 2.33 bits per heavy atom. The van der Waals surface area contributed by atoms with E-state index in [4.69, 9.17) is 5.11 Å². The summed E-state index contributed by atoms with van der Waals surface area (Å²) in [5, 5.41) is 10.7. The van der Waals surface area contributed by atoms with Crippen LogP contribution >= 0.6 is 0 Å². The molecule has 2 amide bonds. The van der Waals surface area contributed by atoms with Crippen molar-refractivity contribution in [2.24, 2.45) is 5.92 Å². The quantitative estimate of drug-likeness (QED) is 0.736. The second-order valence-corrected chi connectivity index (χ2v) is 6.80. The minimum absolute atomic E-state index is 0.106. The van der Waals surface area contributed by atoms with Crippen LogP contribution in [0.5, 0.6) is 0 Å². The summed E-state index contributed by atoms with van der Waals surface area (Å²) in [6, 6.07) is 5.10. The molecule has 1 aliphatic heterocycles. The van der Waals surface area contributed by atoms with Crippen molar-refractivity contribution in [2.45, 2.75) is 44.8 Å². The average molecular weight is 386 g/mol. The molecule has 0 bridgehead atoms. The number of nitrogens with zero attached hydrogens (tertiary/aromatic N) is 1. The van der Waals surface area contributed by atoms with Gasteiger partial charge in [-0.15, -0.1) is 0 Å². The first-order valence-corrected chi connectivity index (χ1v) is 8.51. The number of amides is 2. The number of hydrogen-bond donors (Lipinski definition) is 2. The third-order valence-corrected chi connectivity index (χ3v) is 4.44. The Bertz CT molecular complexity index is 716. The molecule has 0 saturated carbocycles. The Hall–Kier alpha value is -2.58. The number of rotatable bonds is 6. The van der Waals surface area contributed by atoms with Gasteiger partial charge in [-0.3, -0.25) is 9.59 Å². The first-order chi connectivity index (χ1) is 12.5. The number of benzene rings is 1. The van der Waals surface area contributed by atoms with Gasteiger partial charge in [-0.2, -0.15) is 13.2 Å². The summed E-state index contributed by atoms with van der Waals surface area (Å²) >= 11 is 0. The van der Waals surface area contributed by atoms with Gasteiger partial charge in [-0.05, 0) is 30.0 Å². The molecule has 148 valence electrons. The van der Waals surface area contributed by atoms with E-state index < -0.39 is 42.3 Å². The fourth-order valence-corrected chi connectivity index (χ4v) is 2.92. The fourth-order valence-electron chi connectivity index (χ4n) is 2.92. The lowest BCUT2D eigenvalue weighted by molar-refractivity contribution is -0.160. The Labute approximate surface area is 154 Å². The molecule has 0 aliphatic carbocycles. The number of halogens is 3. The molecule has 27 heavy (non-hydrogen) atoms. The lowest BCUT2D eigenvalue weighted by atomic mass is 10.0. The Morgan fingerprint density at radius 2 is 1.85 bits per heavy atom. The number of carboxylic acid groups (broad SMARTS) is 1. The van der Waals surface area contributed by atoms with Gasteiger partial charge in [-0.25, -0.2) is 4.79 Å². The van der Waals surface area contributed by atoms with Gasteiger partial charge in [0.1, 0.15) is 12.0 Å². The third-order valence-electron chi connectivity index (χ3n) is 4.44. The molecule has 2 N–H and O–H groups in total. The lowest BCUT2D eigenvalue weighted by Gasteiger charge is -2.19. The molecule has 0 radical (unpaired) electrons. The average Bonchev–Trinajstić information content (AvgIpc) is 2.94. The van der Waals surface area contributed by atoms with Crippen molar-refractivity contribution in [3.63, 3.8) is 0 Å². The van der Waals surface area contributed by atoms with Crippen LogP contribution in [0.25, 0.3) is 0 Å². The molecule has 1 heterocycles. The van der Waals surface area contributed by atoms with E-state index in [9.17, 15) is 27.6 Å². The van der Waals surface area contributed by atoms with Gasteiger partial charge < -0.3 is 15.3 Å². The van der Waals surface area contributed by atoms with E-state index in [0.717, 1.165) is 5.56 Å². The molecule has 9 heteroatoms. The number of carbonyl (C=O) groups is 3. The smallest absolute Gasteiger partial charge is 0.391 e. The predicted molar refractivity (Wildman–Crippen MR) is 91.2 cm³/mol. The predicted octanol–water partition coefficient (Wildman–Crippen LogP) is 2.68. The van der Waals surface area contributed by atoms with Crippen LogP contribution < -0.4 is 10.2 Å². The summed E-state index contributed by atoms with van der Waals surface area (Å²) in [6.07, 6.45) is -6.34. The molecule has 0 spiro atoms. The zero-order valence-electron chi connectivity index (χ0n) is 14.9. The maximum Gasteiger partial charge on any atom is 0.391 e. The number of nitrogens with one attached hydrogen (secondary N) is 1. The minimum atomic E-state index is -4.75. The van der Waals surface area contributed by atoms with E-state index >= 15 is 0 Å². The normalized spacial score (nSPS) is 18.7. The Kier molecular flexibility index (Phi) is 6.12. The number of alkyl halides is 3. The van der Waals surface area contributed by atoms with Crippen molar-refractivity contribution >= 4 is 23.5 Å². The molecule has 2 atom stereocenters. The number of aliphatic carboxylic acids is 1. The van der Waals surface area contributed by atoms with Crippen LogP contribution in [0.3, 0.4) is 0 Å². The SMILES string of the molecule is CC(C)c1ccc(N2CCC(C(=O)NC(CC(F)(F)F)C(=O)O)C2=O)cc1. The minimum Gasteiger partial charge on any atom is -0.480 e. The van der Waals surface area contributed by atoms with Crippen LogP contribution in [0.2, 0.25) is 0 Å². The van der Waals surface area contributed by atoms with Crippen LogP contribution in [-0.4, -0.2) is 41.7 Å². The van der Waals surface area contributed by atoms with Gasteiger partial charge in [-0.1, -0.05) is 26.0 Å². The largest absolute Gasteiger partial charge is 0.480 e. The van der Waals surface area contributed by atoms with E-state index in [2.05, 4.69) is 0 Å². The molecule has 2 unspecified atom stereocenters. The van der Waals surface area contributed by atoms with Gasteiger partial charge >= 0.3 is 12.1 Å². The summed E-state index contributed by atoms with van der Waals surface area (Å²) in [7, 11) is 0. The third kappa shape index (κ3) is 5.21. The van der Waals surface area contributed by atoms with Crippen LogP contribution in [-0.2, 0) is 14.4 Å². The van der Waals surface area contributed by atoms with E-state index in [1.807, 2.05) is 31.3 Å². The highest BCUT2D eigenvalue weighted by molar-refractivity contribution is 6.10. The molecular formula is C18H21F3N2O4. The second kappa shape index (κ2) is 7.98. The molecule has 1 fully saturated rings. The Balaban J connectivity index is 2.06. The zero-order valence-corrected chi connectivity index (χ0v) is 14.9. The van der Waals surface area contributed by atoms with Crippen molar-refractivity contribution in [1.29, 1.82) is 0 Å². The van der Waals surface area contributed by atoms with Crippen molar-refractivity contribution in [3.8, 4) is 0 Å². The standard InChI is InChI=1S/C18H21F3N2O4/c1-10(2)11-3-5-12(6-4-11)23-8-7-13(16(23)25)15(24)22-14(17(26)27)9-18(19,20)21/h3-6,10,13-14H,7-9H2,1-2H3,(H,22,24)(H,26,27). The number of carboxylic acids is 1. The summed E-state index contributed by atoms with van der Waals surface area (Å²) in [5.74, 6) is -4.25. The number of hydrogen-bond acceptors (Lipinski definition) is 3. The molecule has 1 aromatic carbocycles. The molecular weight excluding hydrogens is 365 g/mol. The lowest BCUT2D eigenvalue weighted by Crippen LogP contribution is -2.47. The highest BCUT2D eigenvalue weighted by Gasteiger charge is 2.41. The van der Waals surface area contributed by atoms with E-state index in [1.54, 1.807) is 12.1 Å². The highest BCUT2D eigenvalue weighted by Crippen LogP contribution is 2.28. The first-order valence-electron chi connectivity index (χ1n) is 8.51. The molecule has 0 aromatic heterocycles. The second-order valence-electron chi connectivity index (χ2n) is 6.80. The maximum atomic E-state index is 12.5. The van der Waals surface area contributed by atoms with Crippen LogP contribution in [0, 0.1) is 5.92 Å². The summed E-state index contributed by atoms with van der Waals surface area (Å²) in [5.41, 5.74) is 1.67. The summed E-state index contributed by atoms with van der Waals surface area (Å²) in [4.78, 5) is 37.0. The van der Waals surface area contributed by atoms with Crippen LogP contribution in [0.4, 0.5) is 18.9 Å². The van der Waals surface area contributed by atoms with E-state index in [1.165, 1.54) is 4.90 Å². The fraction of sp³-hybridized carbons (Fsp3) is 0.500. The molecule has 6 nitrogen and oxygen atoms in total. The molecule has 1 aromatic rings. The van der Waals surface area contributed by atoms with Crippen molar-refractivity contribution in [3.05, 3.63) is 29.8 Å². The maximum absolute atomic E-state index is 12.5. The summed E-state index contributed by atoms with van der Waals surface area (Å²) < 4.78 is 37.4. The van der Waals surface area contributed by atoms with Crippen LogP contribution in [0.15, 0.2) is 24.3 Å². The molecule has 2 rings (SSSR count). The zero-order chi connectivity index (χ0) is 20.4. The highest BCUT2D eigenvalue weighted by atomic mass is 19.4. The molecule has 1 aliphatic rings. The first kappa shape index (κ1) is 20.7. The Morgan fingerprint density at radius 1 is 1.26 bits per heavy atom. The van der Waals surface area contributed by atoms with Gasteiger partial charge in [0.2, 0.25) is 11.8 Å². The summed E-state index contributed by atoms with van der Waals surface area (Å²) in [6.45, 7) is 4.28.